The highest BCUT2D eigenvalue weighted by Gasteiger charge is 2.59. The van der Waals surface area contributed by atoms with Crippen LogP contribution in [0.2, 0.25) is 0 Å². The average molecular weight is 194 g/mol. The topological polar surface area (TPSA) is 82.0 Å². The largest absolute Gasteiger partial charge is 0.376 e. The summed E-state index contributed by atoms with van der Waals surface area (Å²) < 4.78 is 5.09. The van der Waals surface area contributed by atoms with E-state index in [1.54, 1.807) is 15.7 Å². The number of nitrogens with one attached hydrogen (secondary N) is 1. The number of aliphatic hydroxyl groups is 3. The molecule has 14 heavy (non-hydrogen) atoms. The van der Waals surface area contributed by atoms with E-state index in [-0.39, 0.29) is 0 Å². The van der Waals surface area contributed by atoms with Gasteiger partial charge in [-0.05, 0) is 5.34 Å². The Morgan fingerprint density at radius 1 is 0.929 bits per heavy atom. The number of morpholine rings is 1. The second kappa shape index (κ2) is 2.83. The standard InChI is InChI=1S/C4H14B5NO4/c5-1(6)2(7,8)14-4(12,13)3(9,11)10-1/h10-13H,5-9H2. The lowest BCUT2D eigenvalue weighted by atomic mass is 9.38. The molecule has 0 aromatic heterocycles. The first-order chi connectivity index (χ1) is 5.91. The Balaban J connectivity index is 3.07. The van der Waals surface area contributed by atoms with Crippen LogP contribution < -0.4 is 5.32 Å². The molecule has 0 aliphatic carbocycles. The Bertz CT molecular complexity index is 204. The molecule has 0 aromatic rings. The average Bonchev–Trinajstić information content (AvgIpc) is 1.78. The molecule has 10 heteroatoms. The van der Waals surface area contributed by atoms with Crippen LogP contribution in [0.15, 0.2) is 0 Å². The van der Waals surface area contributed by atoms with Crippen molar-refractivity contribution < 1.29 is 20.1 Å². The van der Waals surface area contributed by atoms with Crippen LogP contribution in [-0.2, 0) is 4.74 Å². The summed E-state index contributed by atoms with van der Waals surface area (Å²) >= 11 is 0. The van der Waals surface area contributed by atoms with Gasteiger partial charge in [-0.3, -0.25) is 5.32 Å². The summed E-state index contributed by atoms with van der Waals surface area (Å²) in [4.78, 5) is 0. The van der Waals surface area contributed by atoms with Gasteiger partial charge in [0.25, 0.3) is 0 Å². The lowest BCUT2D eigenvalue weighted by Gasteiger charge is -2.57. The number of hydrogen-bond donors (Lipinski definition) is 4. The van der Waals surface area contributed by atoms with E-state index in [9.17, 15) is 15.3 Å². The van der Waals surface area contributed by atoms with Crippen molar-refractivity contribution in [3.05, 3.63) is 0 Å². The molecule has 1 heterocycles. The molecule has 1 aliphatic heterocycles. The first-order valence-electron chi connectivity index (χ1n) is 4.58. The van der Waals surface area contributed by atoms with Gasteiger partial charge in [0, 0.05) is 5.40 Å². The SMILES string of the molecule is BC1(B)NC(B)(O)C(O)(O)OC1(B)B. The summed E-state index contributed by atoms with van der Waals surface area (Å²) in [7, 11) is 8.32. The Kier molecular flexibility index (Phi) is 2.46. The predicted molar refractivity (Wildman–Crippen MR) is 64.5 cm³/mol. The number of ether oxygens (including phenoxy) is 1. The zero-order valence-corrected chi connectivity index (χ0v) is 9.25. The number of rotatable bonds is 0. The van der Waals surface area contributed by atoms with Gasteiger partial charge in [0.05, 0.1) is 0 Å². The minimum absolute atomic E-state index is 0.578. The third kappa shape index (κ3) is 1.65. The van der Waals surface area contributed by atoms with Crippen LogP contribution in [0.4, 0.5) is 0 Å². The highest BCUT2D eigenvalue weighted by atomic mass is 16.8. The molecule has 0 radical (unpaired) electrons. The molecule has 1 aliphatic rings. The maximum atomic E-state index is 9.73. The predicted octanol–water partition coefficient (Wildman–Crippen LogP) is -7.64. The van der Waals surface area contributed by atoms with E-state index in [0.29, 0.717) is 0 Å². The maximum absolute atomic E-state index is 9.73. The monoisotopic (exact) mass is 195 g/mol. The summed E-state index contributed by atoms with van der Waals surface area (Å²) in [5, 5.41) is 30.1. The lowest BCUT2D eigenvalue weighted by Crippen LogP contribution is -2.84. The summed E-state index contributed by atoms with van der Waals surface area (Å²) in [5.74, 6) is -2.59. The van der Waals surface area contributed by atoms with Crippen molar-refractivity contribution in [3.8, 4) is 0 Å². The first kappa shape index (κ1) is 12.2. The first-order valence-corrected chi connectivity index (χ1v) is 4.58. The van der Waals surface area contributed by atoms with E-state index in [1.807, 2.05) is 15.7 Å². The molecule has 1 atom stereocenters. The number of hydrogen-bond acceptors (Lipinski definition) is 5. The lowest BCUT2D eigenvalue weighted by molar-refractivity contribution is -0.424. The summed E-state index contributed by atoms with van der Waals surface area (Å²) in [6, 6.07) is 0. The van der Waals surface area contributed by atoms with Crippen molar-refractivity contribution in [3.63, 3.8) is 0 Å². The Morgan fingerprint density at radius 2 is 1.36 bits per heavy atom. The van der Waals surface area contributed by atoms with Gasteiger partial charge in [-0.1, -0.05) is 0 Å². The second-order valence-electron chi connectivity index (χ2n) is 5.04. The Morgan fingerprint density at radius 3 is 1.71 bits per heavy atom. The Hall–Kier alpha value is 0.125. The van der Waals surface area contributed by atoms with Gasteiger partial charge in [0.2, 0.25) is 0 Å². The Labute approximate surface area is 87.6 Å². The van der Waals surface area contributed by atoms with Crippen LogP contribution in [0.5, 0.6) is 0 Å². The zero-order valence-electron chi connectivity index (χ0n) is 9.25. The maximum Gasteiger partial charge on any atom is 0.312 e. The van der Waals surface area contributed by atoms with Gasteiger partial charge in [0.1, 0.15) is 31.4 Å². The summed E-state index contributed by atoms with van der Waals surface area (Å²) in [6.07, 6.45) is 0. The van der Waals surface area contributed by atoms with Crippen LogP contribution in [0.1, 0.15) is 0 Å². The second-order valence-corrected chi connectivity index (χ2v) is 5.04. The molecule has 0 bridgehead atoms. The van der Waals surface area contributed by atoms with E-state index >= 15 is 0 Å². The normalized spacial score (nSPS) is 39.1. The fourth-order valence-corrected chi connectivity index (χ4v) is 1.42. The third-order valence-electron chi connectivity index (χ3n) is 3.09. The van der Waals surface area contributed by atoms with Crippen LogP contribution in [0.25, 0.3) is 0 Å². The van der Waals surface area contributed by atoms with E-state index < -0.39 is 22.3 Å². The van der Waals surface area contributed by atoms with Gasteiger partial charge in [-0.25, -0.2) is 0 Å². The minimum atomic E-state index is -2.59. The minimum Gasteiger partial charge on any atom is -0.376 e. The van der Waals surface area contributed by atoms with Crippen molar-refractivity contribution in [2.45, 2.75) is 22.3 Å². The van der Waals surface area contributed by atoms with Crippen LogP contribution in [-0.4, -0.2) is 76.9 Å². The van der Waals surface area contributed by atoms with Crippen molar-refractivity contribution >= 4 is 39.2 Å². The zero-order chi connectivity index (χ0) is 11.4. The van der Waals surface area contributed by atoms with Crippen LogP contribution in [0.3, 0.4) is 0 Å². The molecule has 1 fully saturated rings. The fourth-order valence-electron chi connectivity index (χ4n) is 1.42. The third-order valence-corrected chi connectivity index (χ3v) is 3.09. The van der Waals surface area contributed by atoms with E-state index in [0.717, 1.165) is 0 Å². The molecule has 0 spiro atoms. The molecule has 1 unspecified atom stereocenters. The van der Waals surface area contributed by atoms with Gasteiger partial charge in [0.15, 0.2) is 13.5 Å². The molecular formula is C4H14B5NO4. The highest BCUT2D eigenvalue weighted by Crippen LogP contribution is 2.31. The van der Waals surface area contributed by atoms with Gasteiger partial charge < -0.3 is 20.1 Å². The van der Waals surface area contributed by atoms with Crippen molar-refractivity contribution in [1.29, 1.82) is 0 Å². The molecule has 0 amide bonds. The van der Waals surface area contributed by atoms with Crippen molar-refractivity contribution in [2.75, 3.05) is 0 Å². The van der Waals surface area contributed by atoms with Gasteiger partial charge in [-0.15, -0.1) is 0 Å². The molecule has 0 saturated carbocycles. The quantitative estimate of drug-likeness (QED) is 0.227. The highest BCUT2D eigenvalue weighted by molar-refractivity contribution is 6.54. The van der Waals surface area contributed by atoms with E-state index in [1.165, 1.54) is 7.85 Å². The molecule has 1 saturated heterocycles. The molecular weight excluding hydrogens is 180 g/mol. The molecule has 0 aromatic carbocycles. The summed E-state index contributed by atoms with van der Waals surface area (Å²) in [6.45, 7) is 0. The molecule has 1 rings (SSSR count). The van der Waals surface area contributed by atoms with Crippen molar-refractivity contribution in [1.82, 2.24) is 5.32 Å². The molecule has 74 valence electrons. The molecule has 5 nitrogen and oxygen atoms in total. The van der Waals surface area contributed by atoms with E-state index in [2.05, 4.69) is 5.32 Å². The van der Waals surface area contributed by atoms with E-state index in [4.69, 9.17) is 4.74 Å². The van der Waals surface area contributed by atoms with Crippen molar-refractivity contribution in [2.24, 2.45) is 0 Å². The molecule has 4 N–H and O–H groups in total. The fraction of sp³-hybridized carbons (Fsp3) is 1.00. The summed E-state index contributed by atoms with van der Waals surface area (Å²) in [5.41, 5.74) is -1.90. The smallest absolute Gasteiger partial charge is 0.312 e. The van der Waals surface area contributed by atoms with Gasteiger partial charge >= 0.3 is 5.97 Å². The van der Waals surface area contributed by atoms with Crippen LogP contribution in [0, 0.1) is 0 Å². The van der Waals surface area contributed by atoms with Gasteiger partial charge in [-0.2, -0.15) is 0 Å². The van der Waals surface area contributed by atoms with Crippen LogP contribution >= 0.6 is 0 Å².